The predicted molar refractivity (Wildman–Crippen MR) is 58.5 cm³/mol. The summed E-state index contributed by atoms with van der Waals surface area (Å²) in [6.45, 7) is 1.68. The fourth-order valence-electron chi connectivity index (χ4n) is 2.17. The van der Waals surface area contributed by atoms with E-state index in [1.165, 1.54) is 6.07 Å². The van der Waals surface area contributed by atoms with Crippen LogP contribution in [0.3, 0.4) is 0 Å². The van der Waals surface area contributed by atoms with Gasteiger partial charge in [-0.05, 0) is 37.0 Å². The normalized spacial score (nSPS) is 19.8. The molecule has 0 unspecified atom stereocenters. The van der Waals surface area contributed by atoms with Gasteiger partial charge in [0.25, 0.3) is 0 Å². The Morgan fingerprint density at radius 3 is 2.50 bits per heavy atom. The summed E-state index contributed by atoms with van der Waals surface area (Å²) in [5.41, 5.74) is 0.300. The summed E-state index contributed by atoms with van der Waals surface area (Å²) >= 11 is 0. The second-order valence-electron chi connectivity index (χ2n) is 4.53. The van der Waals surface area contributed by atoms with E-state index in [9.17, 15) is 14.3 Å². The molecule has 0 aliphatic heterocycles. The minimum atomic E-state index is -0.952. The molecule has 0 atom stereocenters. The molecule has 1 aromatic carbocycles. The van der Waals surface area contributed by atoms with Crippen LogP contribution in [0.5, 0.6) is 0 Å². The van der Waals surface area contributed by atoms with Crippen LogP contribution in [-0.4, -0.2) is 10.9 Å². The van der Waals surface area contributed by atoms with Crippen LogP contribution < -0.4 is 0 Å². The molecule has 1 aromatic rings. The van der Waals surface area contributed by atoms with Crippen LogP contribution in [0.15, 0.2) is 18.2 Å². The molecule has 86 valence electrons. The van der Waals surface area contributed by atoms with Crippen LogP contribution in [-0.2, 0) is 10.4 Å². The van der Waals surface area contributed by atoms with Crippen molar-refractivity contribution in [3.05, 3.63) is 35.1 Å². The lowest BCUT2D eigenvalue weighted by atomic mass is 9.79. The number of carbonyl (C=O) groups is 1. The quantitative estimate of drug-likeness (QED) is 0.792. The van der Waals surface area contributed by atoms with Gasteiger partial charge in [0.1, 0.15) is 11.6 Å². The maximum atomic E-state index is 13.1. The van der Waals surface area contributed by atoms with Crippen LogP contribution in [0.25, 0.3) is 0 Å². The van der Waals surface area contributed by atoms with E-state index in [1.807, 2.05) is 0 Å². The number of hydrogen-bond donors (Lipinski definition) is 1. The van der Waals surface area contributed by atoms with Crippen molar-refractivity contribution in [2.75, 3.05) is 0 Å². The molecule has 0 heterocycles. The minimum absolute atomic E-state index is 0.198. The summed E-state index contributed by atoms with van der Waals surface area (Å²) in [5, 5.41) is 10.4. The number of halogens is 1. The number of Topliss-reactive ketones (excluding diaryl/α,β-unsaturated/α-hetero) is 1. The lowest BCUT2D eigenvalue weighted by molar-refractivity contribution is -0.125. The molecule has 0 saturated heterocycles. The first kappa shape index (κ1) is 11.3. The Morgan fingerprint density at radius 2 is 1.94 bits per heavy atom. The highest BCUT2D eigenvalue weighted by molar-refractivity contribution is 5.79. The summed E-state index contributed by atoms with van der Waals surface area (Å²) in [6, 6.07) is 4.66. The van der Waals surface area contributed by atoms with Gasteiger partial charge in [-0.25, -0.2) is 4.39 Å². The lowest BCUT2D eigenvalue weighted by Crippen LogP contribution is -2.31. The molecule has 3 heteroatoms. The van der Waals surface area contributed by atoms with E-state index < -0.39 is 5.60 Å². The Labute approximate surface area is 94.1 Å². The molecule has 0 spiro atoms. The summed E-state index contributed by atoms with van der Waals surface area (Å²) in [6.07, 6.45) is 1.70. The zero-order chi connectivity index (χ0) is 11.8. The zero-order valence-electron chi connectivity index (χ0n) is 9.29. The number of benzene rings is 1. The van der Waals surface area contributed by atoms with Gasteiger partial charge in [-0.1, -0.05) is 12.1 Å². The van der Waals surface area contributed by atoms with E-state index in [0.29, 0.717) is 31.2 Å². The smallest absolute Gasteiger partial charge is 0.133 e. The molecule has 2 nitrogen and oxygen atoms in total. The third kappa shape index (κ3) is 2.00. The molecular weight excluding hydrogens is 207 g/mol. The van der Waals surface area contributed by atoms with Gasteiger partial charge in [-0.2, -0.15) is 0 Å². The Balaban J connectivity index is 2.29. The standard InChI is InChI=1S/C13H15FO2/c1-9-8-10(2-3-12(9)14)13(16)6-4-11(15)5-7-13/h2-3,8,16H,4-7H2,1H3. The second-order valence-corrected chi connectivity index (χ2v) is 4.53. The van der Waals surface area contributed by atoms with E-state index >= 15 is 0 Å². The molecule has 0 radical (unpaired) electrons. The third-order valence-corrected chi connectivity index (χ3v) is 3.33. The molecule has 1 saturated carbocycles. The highest BCUT2D eigenvalue weighted by Gasteiger charge is 2.34. The topological polar surface area (TPSA) is 37.3 Å². The van der Waals surface area contributed by atoms with Gasteiger partial charge in [0.05, 0.1) is 5.60 Å². The van der Waals surface area contributed by atoms with Crippen molar-refractivity contribution in [3.63, 3.8) is 0 Å². The van der Waals surface area contributed by atoms with Crippen LogP contribution in [0.1, 0.15) is 36.8 Å². The van der Waals surface area contributed by atoms with Crippen molar-refractivity contribution in [1.29, 1.82) is 0 Å². The molecule has 0 aromatic heterocycles. The highest BCUT2D eigenvalue weighted by Crippen LogP contribution is 2.36. The Hall–Kier alpha value is -1.22. The molecule has 2 rings (SSSR count). The van der Waals surface area contributed by atoms with Crippen LogP contribution >= 0.6 is 0 Å². The molecular formula is C13H15FO2. The number of carbonyl (C=O) groups excluding carboxylic acids is 1. The van der Waals surface area contributed by atoms with E-state index in [4.69, 9.17) is 0 Å². The van der Waals surface area contributed by atoms with Crippen molar-refractivity contribution in [2.45, 2.75) is 38.2 Å². The average Bonchev–Trinajstić information content (AvgIpc) is 2.26. The Bertz CT molecular complexity index is 416. The Kier molecular flexibility index (Phi) is 2.80. The van der Waals surface area contributed by atoms with Gasteiger partial charge in [0, 0.05) is 12.8 Å². The van der Waals surface area contributed by atoms with Gasteiger partial charge in [-0.15, -0.1) is 0 Å². The SMILES string of the molecule is Cc1cc(C2(O)CCC(=O)CC2)ccc1F. The zero-order valence-corrected chi connectivity index (χ0v) is 9.29. The van der Waals surface area contributed by atoms with Gasteiger partial charge < -0.3 is 5.11 Å². The summed E-state index contributed by atoms with van der Waals surface area (Å²) in [5.74, 6) is -0.0669. The maximum absolute atomic E-state index is 13.1. The van der Waals surface area contributed by atoms with Crippen molar-refractivity contribution < 1.29 is 14.3 Å². The molecule has 1 N–H and O–H groups in total. The monoisotopic (exact) mass is 222 g/mol. The predicted octanol–water partition coefficient (Wildman–Crippen LogP) is 2.46. The van der Waals surface area contributed by atoms with Crippen LogP contribution in [0, 0.1) is 12.7 Å². The number of hydrogen-bond acceptors (Lipinski definition) is 2. The average molecular weight is 222 g/mol. The second kappa shape index (κ2) is 3.98. The molecule has 0 amide bonds. The van der Waals surface area contributed by atoms with Crippen molar-refractivity contribution in [3.8, 4) is 0 Å². The van der Waals surface area contributed by atoms with Crippen LogP contribution in [0.2, 0.25) is 0 Å². The highest BCUT2D eigenvalue weighted by atomic mass is 19.1. The summed E-state index contributed by atoms with van der Waals surface area (Å²) in [7, 11) is 0. The fraction of sp³-hybridized carbons (Fsp3) is 0.462. The first-order valence-electron chi connectivity index (χ1n) is 5.52. The van der Waals surface area contributed by atoms with Gasteiger partial charge >= 0.3 is 0 Å². The van der Waals surface area contributed by atoms with E-state index in [2.05, 4.69) is 0 Å². The van der Waals surface area contributed by atoms with E-state index in [1.54, 1.807) is 19.1 Å². The molecule has 16 heavy (non-hydrogen) atoms. The fourth-order valence-corrected chi connectivity index (χ4v) is 2.17. The van der Waals surface area contributed by atoms with Crippen molar-refractivity contribution in [1.82, 2.24) is 0 Å². The van der Waals surface area contributed by atoms with E-state index in [0.717, 1.165) is 5.56 Å². The van der Waals surface area contributed by atoms with Crippen molar-refractivity contribution in [2.24, 2.45) is 0 Å². The first-order valence-corrected chi connectivity index (χ1v) is 5.52. The van der Waals surface area contributed by atoms with Crippen LogP contribution in [0.4, 0.5) is 4.39 Å². The largest absolute Gasteiger partial charge is 0.385 e. The summed E-state index contributed by atoms with van der Waals surface area (Å²) < 4.78 is 13.1. The Morgan fingerprint density at radius 1 is 1.31 bits per heavy atom. The van der Waals surface area contributed by atoms with E-state index in [-0.39, 0.29) is 11.6 Å². The molecule has 0 bridgehead atoms. The van der Waals surface area contributed by atoms with Gasteiger partial charge in [0.2, 0.25) is 0 Å². The first-order chi connectivity index (χ1) is 7.51. The number of aliphatic hydroxyl groups is 1. The molecule has 1 aliphatic carbocycles. The minimum Gasteiger partial charge on any atom is -0.385 e. The summed E-state index contributed by atoms with van der Waals surface area (Å²) in [4.78, 5) is 11.1. The molecule has 1 aliphatic rings. The van der Waals surface area contributed by atoms with Gasteiger partial charge in [-0.3, -0.25) is 4.79 Å². The maximum Gasteiger partial charge on any atom is 0.133 e. The van der Waals surface area contributed by atoms with Gasteiger partial charge in [0.15, 0.2) is 0 Å². The number of ketones is 1. The lowest BCUT2D eigenvalue weighted by Gasteiger charge is -2.32. The van der Waals surface area contributed by atoms with Crippen molar-refractivity contribution >= 4 is 5.78 Å². The number of aryl methyl sites for hydroxylation is 1. The molecule has 1 fully saturated rings. The number of rotatable bonds is 1. The third-order valence-electron chi connectivity index (χ3n) is 3.33.